The first-order valence-electron chi connectivity index (χ1n) is 8.17. The molecule has 2 N–H and O–H groups in total. The number of rotatable bonds is 11. The molecule has 5 heteroatoms. The maximum absolute atomic E-state index is 6.33. The van der Waals surface area contributed by atoms with Crippen LogP contribution in [0.4, 0.5) is 0 Å². The lowest BCUT2D eigenvalue weighted by Crippen LogP contribution is -2.23. The van der Waals surface area contributed by atoms with Crippen LogP contribution < -0.4 is 5.73 Å². The summed E-state index contributed by atoms with van der Waals surface area (Å²) in [4.78, 5) is 2.14. The molecule has 0 radical (unpaired) electrons. The van der Waals surface area contributed by atoms with Gasteiger partial charge in [-0.05, 0) is 20.5 Å². The highest BCUT2D eigenvalue weighted by Crippen LogP contribution is 2.25. The van der Waals surface area contributed by atoms with E-state index in [4.69, 9.17) is 17.3 Å². The molecule has 0 saturated carbocycles. The predicted octanol–water partition coefficient (Wildman–Crippen LogP) is 3.85. The Morgan fingerprint density at radius 2 is 1.90 bits per heavy atom. The van der Waals surface area contributed by atoms with E-state index in [2.05, 4.69) is 31.0 Å². The molecule has 0 aliphatic rings. The summed E-state index contributed by atoms with van der Waals surface area (Å²) >= 11 is 6.26. The second-order valence-corrected chi connectivity index (χ2v) is 6.47. The van der Waals surface area contributed by atoms with Gasteiger partial charge < -0.3 is 10.6 Å². The lowest BCUT2D eigenvalue weighted by Gasteiger charge is -2.16. The number of nitrogens with two attached hydrogens (primary N) is 1. The second kappa shape index (κ2) is 10.2. The number of aromatic nitrogens is 2. The normalized spacial score (nSPS) is 13.0. The van der Waals surface area contributed by atoms with Gasteiger partial charge >= 0.3 is 0 Å². The average Bonchev–Trinajstić information content (AvgIpc) is 2.81. The zero-order chi connectivity index (χ0) is 15.7. The van der Waals surface area contributed by atoms with Gasteiger partial charge in [-0.1, -0.05) is 57.0 Å². The zero-order valence-electron chi connectivity index (χ0n) is 13.8. The summed E-state index contributed by atoms with van der Waals surface area (Å²) in [5.74, 6) is 0. The van der Waals surface area contributed by atoms with Crippen LogP contribution in [0, 0.1) is 0 Å². The number of hydrogen-bond acceptors (Lipinski definition) is 3. The molecule has 0 aliphatic carbocycles. The molecule has 1 unspecified atom stereocenters. The minimum absolute atomic E-state index is 0.00617. The van der Waals surface area contributed by atoms with Crippen molar-refractivity contribution in [2.45, 2.75) is 64.5 Å². The molecule has 122 valence electrons. The number of halogens is 1. The Bertz CT molecular complexity index is 390. The Morgan fingerprint density at radius 1 is 1.24 bits per heavy atom. The number of hydrogen-bond donors (Lipinski definition) is 1. The first-order chi connectivity index (χ1) is 10.1. The van der Waals surface area contributed by atoms with Crippen LogP contribution in [0.5, 0.6) is 0 Å². The van der Waals surface area contributed by atoms with E-state index in [1.54, 1.807) is 6.20 Å². The molecule has 1 atom stereocenters. The third kappa shape index (κ3) is 6.81. The fraction of sp³-hybridized carbons (Fsp3) is 0.812. The highest BCUT2D eigenvalue weighted by molar-refractivity contribution is 6.31. The first kappa shape index (κ1) is 18.5. The van der Waals surface area contributed by atoms with E-state index in [0.717, 1.165) is 25.2 Å². The SMILES string of the molecule is CCCCCCCCC(N)c1c(Cl)cnn1CCN(C)C. The molecular formula is C16H31ClN4. The van der Waals surface area contributed by atoms with Gasteiger partial charge in [0.2, 0.25) is 0 Å². The van der Waals surface area contributed by atoms with Gasteiger partial charge in [0.05, 0.1) is 23.5 Å². The Labute approximate surface area is 134 Å². The predicted molar refractivity (Wildman–Crippen MR) is 90.7 cm³/mol. The minimum atomic E-state index is -0.00617. The highest BCUT2D eigenvalue weighted by Gasteiger charge is 2.16. The summed E-state index contributed by atoms with van der Waals surface area (Å²) in [6, 6.07) is -0.00617. The Kier molecular flexibility index (Phi) is 8.97. The van der Waals surface area contributed by atoms with Crippen LogP contribution >= 0.6 is 11.6 Å². The van der Waals surface area contributed by atoms with Gasteiger partial charge in [0.1, 0.15) is 0 Å². The van der Waals surface area contributed by atoms with Crippen molar-refractivity contribution in [3.8, 4) is 0 Å². The van der Waals surface area contributed by atoms with Gasteiger partial charge in [-0.15, -0.1) is 0 Å². The summed E-state index contributed by atoms with van der Waals surface area (Å²) in [6.07, 6.45) is 10.4. The van der Waals surface area contributed by atoms with E-state index in [0.29, 0.717) is 5.02 Å². The molecule has 21 heavy (non-hydrogen) atoms. The summed E-state index contributed by atoms with van der Waals surface area (Å²) in [7, 11) is 4.11. The van der Waals surface area contributed by atoms with Crippen molar-refractivity contribution in [2.75, 3.05) is 20.6 Å². The van der Waals surface area contributed by atoms with Crippen LogP contribution in [-0.4, -0.2) is 35.3 Å². The number of unbranched alkanes of at least 4 members (excludes halogenated alkanes) is 5. The van der Waals surface area contributed by atoms with E-state index in [1.165, 1.54) is 38.5 Å². The molecule has 0 aliphatic heterocycles. The summed E-state index contributed by atoms with van der Waals surface area (Å²) in [5, 5.41) is 5.06. The fourth-order valence-electron chi connectivity index (χ4n) is 2.49. The third-order valence-corrected chi connectivity index (χ3v) is 4.10. The lowest BCUT2D eigenvalue weighted by molar-refractivity contribution is 0.365. The fourth-order valence-corrected chi connectivity index (χ4v) is 2.78. The number of likely N-dealkylation sites (N-methyl/N-ethyl adjacent to an activating group) is 1. The van der Waals surface area contributed by atoms with Gasteiger partial charge in [0, 0.05) is 12.6 Å². The Morgan fingerprint density at radius 3 is 2.57 bits per heavy atom. The van der Waals surface area contributed by atoms with Crippen LogP contribution in [0.15, 0.2) is 6.20 Å². The largest absolute Gasteiger partial charge is 0.323 e. The van der Waals surface area contributed by atoms with Crippen molar-refractivity contribution in [2.24, 2.45) is 5.73 Å². The van der Waals surface area contributed by atoms with Crippen LogP contribution in [0.25, 0.3) is 0 Å². The van der Waals surface area contributed by atoms with E-state index in [-0.39, 0.29) is 6.04 Å². The van der Waals surface area contributed by atoms with Crippen molar-refractivity contribution < 1.29 is 0 Å². The van der Waals surface area contributed by atoms with Crippen LogP contribution in [-0.2, 0) is 6.54 Å². The molecule has 1 heterocycles. The molecule has 0 saturated heterocycles. The highest BCUT2D eigenvalue weighted by atomic mass is 35.5. The van der Waals surface area contributed by atoms with Crippen molar-refractivity contribution in [1.29, 1.82) is 0 Å². The maximum Gasteiger partial charge on any atom is 0.0834 e. The molecule has 1 aromatic rings. The zero-order valence-corrected chi connectivity index (χ0v) is 14.6. The lowest BCUT2D eigenvalue weighted by atomic mass is 10.0. The van der Waals surface area contributed by atoms with E-state index >= 15 is 0 Å². The van der Waals surface area contributed by atoms with Gasteiger partial charge in [-0.3, -0.25) is 4.68 Å². The van der Waals surface area contributed by atoms with E-state index < -0.39 is 0 Å². The standard InChI is InChI=1S/C16H31ClN4/c1-4-5-6-7-8-9-10-15(18)16-14(17)13-19-21(16)12-11-20(2)3/h13,15H,4-12,18H2,1-3H3. The van der Waals surface area contributed by atoms with E-state index in [1.807, 2.05) is 4.68 Å². The monoisotopic (exact) mass is 314 g/mol. The summed E-state index contributed by atoms with van der Waals surface area (Å²) in [6.45, 7) is 4.01. The third-order valence-electron chi connectivity index (χ3n) is 3.81. The molecule has 0 bridgehead atoms. The van der Waals surface area contributed by atoms with Gasteiger partial charge in [-0.2, -0.15) is 5.10 Å². The molecular weight excluding hydrogens is 284 g/mol. The van der Waals surface area contributed by atoms with Crippen LogP contribution in [0.3, 0.4) is 0 Å². The Balaban J connectivity index is 2.41. The molecule has 1 rings (SSSR count). The molecule has 4 nitrogen and oxygen atoms in total. The van der Waals surface area contributed by atoms with Crippen LogP contribution in [0.2, 0.25) is 5.02 Å². The Hall–Kier alpha value is -0.580. The molecule has 0 amide bonds. The van der Waals surface area contributed by atoms with Crippen molar-refractivity contribution in [1.82, 2.24) is 14.7 Å². The summed E-state index contributed by atoms with van der Waals surface area (Å²) in [5.41, 5.74) is 7.32. The second-order valence-electron chi connectivity index (χ2n) is 6.07. The van der Waals surface area contributed by atoms with Crippen molar-refractivity contribution in [3.05, 3.63) is 16.9 Å². The topological polar surface area (TPSA) is 47.1 Å². The van der Waals surface area contributed by atoms with E-state index in [9.17, 15) is 0 Å². The van der Waals surface area contributed by atoms with Gasteiger partial charge in [-0.25, -0.2) is 0 Å². The van der Waals surface area contributed by atoms with Crippen LogP contribution in [0.1, 0.15) is 63.6 Å². The van der Waals surface area contributed by atoms with Gasteiger partial charge in [0.15, 0.2) is 0 Å². The smallest absolute Gasteiger partial charge is 0.0834 e. The van der Waals surface area contributed by atoms with Crippen molar-refractivity contribution >= 4 is 11.6 Å². The minimum Gasteiger partial charge on any atom is -0.323 e. The average molecular weight is 315 g/mol. The quantitative estimate of drug-likeness (QED) is 0.631. The molecule has 0 fully saturated rings. The molecule has 0 spiro atoms. The molecule has 0 aromatic carbocycles. The summed E-state index contributed by atoms with van der Waals surface area (Å²) < 4.78 is 1.96. The van der Waals surface area contributed by atoms with Gasteiger partial charge in [0.25, 0.3) is 0 Å². The van der Waals surface area contributed by atoms with Crippen molar-refractivity contribution in [3.63, 3.8) is 0 Å². The molecule has 1 aromatic heterocycles. The first-order valence-corrected chi connectivity index (χ1v) is 8.55. The maximum atomic E-state index is 6.33. The number of nitrogens with zero attached hydrogens (tertiary/aromatic N) is 3.